The molecule has 2 heterocycles. The summed E-state index contributed by atoms with van der Waals surface area (Å²) >= 11 is 0. The number of nitrogens with zero attached hydrogens (tertiary/aromatic N) is 1. The van der Waals surface area contributed by atoms with Gasteiger partial charge in [-0.05, 0) is 12.3 Å². The van der Waals surface area contributed by atoms with Crippen molar-refractivity contribution in [2.24, 2.45) is 11.7 Å². The van der Waals surface area contributed by atoms with Gasteiger partial charge < -0.3 is 5.73 Å². The van der Waals surface area contributed by atoms with Gasteiger partial charge in [-0.25, -0.2) is 0 Å². The van der Waals surface area contributed by atoms with Crippen molar-refractivity contribution in [1.29, 1.82) is 0 Å². The molecule has 4 unspecified atom stereocenters. The van der Waals surface area contributed by atoms with E-state index in [1.165, 1.54) is 6.42 Å². The fraction of sp³-hybridized carbons (Fsp3) is 1.00. The van der Waals surface area contributed by atoms with Gasteiger partial charge in [-0.2, -0.15) is 0 Å². The van der Waals surface area contributed by atoms with Crippen molar-refractivity contribution < 1.29 is 4.21 Å². The Morgan fingerprint density at radius 2 is 2.42 bits per heavy atom. The fourth-order valence-corrected chi connectivity index (χ4v) is 2.76. The van der Waals surface area contributed by atoms with Crippen molar-refractivity contribution in [2.75, 3.05) is 25.1 Å². The summed E-state index contributed by atoms with van der Waals surface area (Å²) in [5, 5.41) is 0. The second kappa shape index (κ2) is 3.09. The topological polar surface area (TPSA) is 46.3 Å². The van der Waals surface area contributed by atoms with Gasteiger partial charge in [0.1, 0.15) is 0 Å². The van der Waals surface area contributed by atoms with E-state index in [1.807, 2.05) is 0 Å². The molecule has 2 bridgehead atoms. The van der Waals surface area contributed by atoms with Crippen molar-refractivity contribution >= 4 is 10.8 Å². The third-order valence-electron chi connectivity index (χ3n) is 3.14. The lowest BCUT2D eigenvalue weighted by molar-refractivity contribution is 0.222. The first-order valence-electron chi connectivity index (χ1n) is 4.48. The van der Waals surface area contributed by atoms with Crippen LogP contribution in [0.25, 0.3) is 0 Å². The van der Waals surface area contributed by atoms with Crippen molar-refractivity contribution in [1.82, 2.24) is 4.90 Å². The number of rotatable bonds is 3. The molecule has 12 heavy (non-hydrogen) atoms. The van der Waals surface area contributed by atoms with E-state index < -0.39 is 10.8 Å². The molecule has 3 aliphatic rings. The highest BCUT2D eigenvalue weighted by Gasteiger charge is 2.49. The fourth-order valence-electron chi connectivity index (χ4n) is 2.27. The summed E-state index contributed by atoms with van der Waals surface area (Å²) in [6.07, 6.45) is 3.04. The number of hydrogen-bond acceptors (Lipinski definition) is 3. The average Bonchev–Trinajstić information content (AvgIpc) is 2.55. The van der Waals surface area contributed by atoms with Gasteiger partial charge in [-0.3, -0.25) is 9.11 Å². The maximum absolute atomic E-state index is 10.9. The Kier molecular flexibility index (Phi) is 2.23. The van der Waals surface area contributed by atoms with Gasteiger partial charge in [-0.15, -0.1) is 0 Å². The van der Waals surface area contributed by atoms with Gasteiger partial charge in [0.25, 0.3) is 0 Å². The van der Waals surface area contributed by atoms with Gasteiger partial charge in [0, 0.05) is 48.0 Å². The molecule has 2 saturated heterocycles. The molecule has 1 saturated carbocycles. The first kappa shape index (κ1) is 8.66. The molecule has 0 aromatic heterocycles. The van der Waals surface area contributed by atoms with E-state index in [-0.39, 0.29) is 0 Å². The SMILES string of the molecule is CS(=O)CCN1CC2CC1C2N. The van der Waals surface area contributed by atoms with Crippen LogP contribution in [0.2, 0.25) is 0 Å². The lowest BCUT2D eigenvalue weighted by Gasteiger charge is -2.33. The summed E-state index contributed by atoms with van der Waals surface area (Å²) in [6, 6.07) is 1.02. The van der Waals surface area contributed by atoms with E-state index in [1.54, 1.807) is 6.26 Å². The Labute approximate surface area is 75.8 Å². The maximum Gasteiger partial charge on any atom is 0.0359 e. The second-order valence-electron chi connectivity index (χ2n) is 3.91. The largest absolute Gasteiger partial charge is 0.326 e. The van der Waals surface area contributed by atoms with Crippen LogP contribution in [-0.2, 0) is 10.8 Å². The predicted molar refractivity (Wildman–Crippen MR) is 50.4 cm³/mol. The summed E-state index contributed by atoms with van der Waals surface area (Å²) in [5.74, 6) is 1.54. The van der Waals surface area contributed by atoms with Crippen LogP contribution >= 0.6 is 0 Å². The lowest BCUT2D eigenvalue weighted by Crippen LogP contribution is -2.50. The van der Waals surface area contributed by atoms with Gasteiger partial charge in [0.05, 0.1) is 0 Å². The van der Waals surface area contributed by atoms with Crippen LogP contribution < -0.4 is 5.73 Å². The van der Waals surface area contributed by atoms with Crippen LogP contribution in [-0.4, -0.2) is 46.3 Å². The van der Waals surface area contributed by atoms with Crippen molar-refractivity contribution in [2.45, 2.75) is 18.5 Å². The quantitative estimate of drug-likeness (QED) is 0.643. The van der Waals surface area contributed by atoms with E-state index >= 15 is 0 Å². The minimum absolute atomic E-state index is 0.412. The van der Waals surface area contributed by atoms with Crippen LogP contribution in [0.4, 0.5) is 0 Å². The minimum Gasteiger partial charge on any atom is -0.326 e. The molecule has 70 valence electrons. The maximum atomic E-state index is 10.9. The highest BCUT2D eigenvalue weighted by molar-refractivity contribution is 7.84. The Hall–Kier alpha value is 0.0700. The summed E-state index contributed by atoms with van der Waals surface area (Å²) in [6.45, 7) is 2.11. The molecule has 2 N–H and O–H groups in total. The molecule has 0 aromatic rings. The summed E-state index contributed by atoms with van der Waals surface area (Å²) in [7, 11) is -0.652. The predicted octanol–water partition coefficient (Wildman–Crippen LogP) is -0.604. The highest BCUT2D eigenvalue weighted by Crippen LogP contribution is 2.39. The second-order valence-corrected chi connectivity index (χ2v) is 5.47. The molecular formula is C8H16N2OS. The summed E-state index contributed by atoms with van der Waals surface area (Å²) in [4.78, 5) is 2.40. The third-order valence-corrected chi connectivity index (χ3v) is 3.89. The number of hydrogen-bond donors (Lipinski definition) is 1. The molecule has 0 aromatic carbocycles. The summed E-state index contributed by atoms with van der Waals surface area (Å²) in [5.41, 5.74) is 5.91. The normalized spacial score (nSPS) is 42.7. The van der Waals surface area contributed by atoms with Crippen LogP contribution in [0.3, 0.4) is 0 Å². The smallest absolute Gasteiger partial charge is 0.0359 e. The van der Waals surface area contributed by atoms with E-state index in [4.69, 9.17) is 5.73 Å². The molecule has 3 fully saturated rings. The van der Waals surface area contributed by atoms with E-state index in [0.29, 0.717) is 12.1 Å². The number of nitrogens with two attached hydrogens (primary N) is 1. The first-order chi connectivity index (χ1) is 5.68. The summed E-state index contributed by atoms with van der Waals surface area (Å²) < 4.78 is 10.9. The van der Waals surface area contributed by atoms with Crippen LogP contribution in [0, 0.1) is 5.92 Å². The Bertz CT molecular complexity index is 209. The number of fused-ring (bicyclic) bond motifs is 1. The molecule has 3 rings (SSSR count). The molecule has 0 spiro atoms. The van der Waals surface area contributed by atoms with E-state index in [9.17, 15) is 4.21 Å². The zero-order valence-electron chi connectivity index (χ0n) is 7.40. The molecule has 2 aliphatic heterocycles. The van der Waals surface area contributed by atoms with Gasteiger partial charge in [0.15, 0.2) is 0 Å². The molecule has 3 nitrogen and oxygen atoms in total. The standard InChI is InChI=1S/C8H16N2OS/c1-12(11)3-2-10-5-6-4-7(10)8(6)9/h6-8H,2-5,9H2,1H3. The van der Waals surface area contributed by atoms with Crippen molar-refractivity contribution in [3.05, 3.63) is 0 Å². The zero-order valence-corrected chi connectivity index (χ0v) is 8.22. The van der Waals surface area contributed by atoms with Gasteiger partial charge in [0.2, 0.25) is 0 Å². The van der Waals surface area contributed by atoms with Crippen molar-refractivity contribution in [3.8, 4) is 0 Å². The average molecular weight is 188 g/mol. The third kappa shape index (κ3) is 1.32. The molecule has 0 amide bonds. The van der Waals surface area contributed by atoms with Crippen LogP contribution in [0.15, 0.2) is 0 Å². The Balaban J connectivity index is 1.80. The Morgan fingerprint density at radius 1 is 1.67 bits per heavy atom. The van der Waals surface area contributed by atoms with E-state index in [2.05, 4.69) is 4.90 Å². The molecular weight excluding hydrogens is 172 g/mol. The zero-order chi connectivity index (χ0) is 8.72. The van der Waals surface area contributed by atoms with Gasteiger partial charge in [-0.1, -0.05) is 0 Å². The minimum atomic E-state index is -0.652. The van der Waals surface area contributed by atoms with Crippen LogP contribution in [0.1, 0.15) is 6.42 Å². The molecule has 1 aliphatic carbocycles. The molecule has 4 heteroatoms. The lowest BCUT2D eigenvalue weighted by atomic mass is 9.81. The van der Waals surface area contributed by atoms with Crippen LogP contribution in [0.5, 0.6) is 0 Å². The molecule has 4 atom stereocenters. The monoisotopic (exact) mass is 188 g/mol. The Morgan fingerprint density at radius 3 is 2.83 bits per heavy atom. The van der Waals surface area contributed by atoms with Gasteiger partial charge >= 0.3 is 0 Å². The first-order valence-corrected chi connectivity index (χ1v) is 6.21. The van der Waals surface area contributed by atoms with Crippen molar-refractivity contribution in [3.63, 3.8) is 0 Å². The molecule has 0 radical (unpaired) electrons. The van der Waals surface area contributed by atoms with E-state index in [0.717, 1.165) is 24.8 Å². The highest BCUT2D eigenvalue weighted by atomic mass is 32.2.